The van der Waals surface area contributed by atoms with Crippen molar-refractivity contribution in [3.8, 4) is 0 Å². The van der Waals surface area contributed by atoms with E-state index in [1.807, 2.05) is 27.7 Å². The molecule has 6 heteroatoms. The molecule has 0 saturated heterocycles. The van der Waals surface area contributed by atoms with Crippen LogP contribution >= 0.6 is 11.3 Å². The highest BCUT2D eigenvalue weighted by molar-refractivity contribution is 7.17. The first kappa shape index (κ1) is 15.6. The Kier molecular flexibility index (Phi) is 5.47. The van der Waals surface area contributed by atoms with Crippen molar-refractivity contribution in [2.75, 3.05) is 5.32 Å². The number of nitrogens with one attached hydrogen (secondary N) is 1. The van der Waals surface area contributed by atoms with Gasteiger partial charge in [-0.15, -0.1) is 0 Å². The predicted octanol–water partition coefficient (Wildman–Crippen LogP) is 3.02. The van der Waals surface area contributed by atoms with Crippen molar-refractivity contribution in [3.63, 3.8) is 0 Å². The number of aromatic nitrogens is 1. The third-order valence-electron chi connectivity index (χ3n) is 2.33. The van der Waals surface area contributed by atoms with Crippen LogP contribution < -0.4 is 5.32 Å². The lowest BCUT2D eigenvalue weighted by Crippen LogP contribution is -2.13. The number of nitrogens with zero attached hydrogens (tertiary/aromatic N) is 1. The summed E-state index contributed by atoms with van der Waals surface area (Å²) in [7, 11) is 0. The van der Waals surface area contributed by atoms with Gasteiger partial charge in [0.2, 0.25) is 5.91 Å². The van der Waals surface area contributed by atoms with Crippen molar-refractivity contribution in [1.82, 2.24) is 4.98 Å². The number of carboxylic acid groups (broad SMARTS) is 1. The molecule has 19 heavy (non-hydrogen) atoms. The number of amides is 1. The molecule has 1 heterocycles. The van der Waals surface area contributed by atoms with E-state index >= 15 is 0 Å². The van der Waals surface area contributed by atoms with Gasteiger partial charge in [-0.3, -0.25) is 4.79 Å². The van der Waals surface area contributed by atoms with E-state index in [-0.39, 0.29) is 16.7 Å². The van der Waals surface area contributed by atoms with Crippen LogP contribution in [0, 0.1) is 11.8 Å². The maximum absolute atomic E-state index is 11.6. The van der Waals surface area contributed by atoms with E-state index in [1.165, 1.54) is 0 Å². The van der Waals surface area contributed by atoms with Crippen molar-refractivity contribution in [3.05, 3.63) is 10.6 Å². The molecule has 1 aromatic heterocycles. The molecule has 106 valence electrons. The quantitative estimate of drug-likeness (QED) is 0.841. The van der Waals surface area contributed by atoms with E-state index in [9.17, 15) is 9.59 Å². The summed E-state index contributed by atoms with van der Waals surface area (Å²) in [4.78, 5) is 27.2. The Bertz CT molecular complexity index is 466. The molecule has 1 rings (SSSR count). The van der Waals surface area contributed by atoms with Crippen molar-refractivity contribution in [2.24, 2.45) is 11.8 Å². The Morgan fingerprint density at radius 3 is 2.37 bits per heavy atom. The Morgan fingerprint density at radius 1 is 1.26 bits per heavy atom. The third-order valence-corrected chi connectivity index (χ3v) is 3.33. The second-order valence-corrected chi connectivity index (χ2v) is 6.34. The number of anilines is 1. The maximum atomic E-state index is 11.6. The fourth-order valence-corrected chi connectivity index (χ4v) is 2.49. The van der Waals surface area contributed by atoms with Gasteiger partial charge in [-0.2, -0.15) is 0 Å². The minimum absolute atomic E-state index is 0.128. The van der Waals surface area contributed by atoms with Gasteiger partial charge in [0, 0.05) is 6.42 Å². The Labute approximate surface area is 117 Å². The van der Waals surface area contributed by atoms with Crippen LogP contribution in [0.4, 0.5) is 5.13 Å². The van der Waals surface area contributed by atoms with Crippen LogP contribution in [0.5, 0.6) is 0 Å². The lowest BCUT2D eigenvalue weighted by molar-refractivity contribution is -0.116. The SMILES string of the molecule is CC(C)CC(=O)Nc1nc(CC(C)C)c(C(=O)O)s1. The predicted molar refractivity (Wildman–Crippen MR) is 75.7 cm³/mol. The average molecular weight is 284 g/mol. The summed E-state index contributed by atoms with van der Waals surface area (Å²) < 4.78 is 0. The van der Waals surface area contributed by atoms with Crippen LogP contribution in [0.2, 0.25) is 0 Å². The number of aromatic carboxylic acids is 1. The highest BCUT2D eigenvalue weighted by Crippen LogP contribution is 2.25. The first-order valence-corrected chi connectivity index (χ1v) is 7.14. The normalized spacial score (nSPS) is 11.1. The van der Waals surface area contributed by atoms with E-state index in [0.29, 0.717) is 29.6 Å². The van der Waals surface area contributed by atoms with Crippen molar-refractivity contribution < 1.29 is 14.7 Å². The molecule has 0 aromatic carbocycles. The third kappa shape index (κ3) is 4.98. The molecule has 0 fully saturated rings. The van der Waals surface area contributed by atoms with Crippen molar-refractivity contribution >= 4 is 28.3 Å². The molecule has 1 aromatic rings. The molecular weight excluding hydrogens is 264 g/mol. The lowest BCUT2D eigenvalue weighted by Gasteiger charge is -2.03. The van der Waals surface area contributed by atoms with E-state index < -0.39 is 5.97 Å². The zero-order valence-electron chi connectivity index (χ0n) is 11.7. The largest absolute Gasteiger partial charge is 0.477 e. The van der Waals surface area contributed by atoms with E-state index in [2.05, 4.69) is 10.3 Å². The fourth-order valence-electron chi connectivity index (χ4n) is 1.64. The van der Waals surface area contributed by atoms with Gasteiger partial charge in [0.15, 0.2) is 5.13 Å². The highest BCUT2D eigenvalue weighted by Gasteiger charge is 2.19. The van der Waals surface area contributed by atoms with Gasteiger partial charge in [0.1, 0.15) is 4.88 Å². The van der Waals surface area contributed by atoms with Gasteiger partial charge in [0.25, 0.3) is 0 Å². The van der Waals surface area contributed by atoms with E-state index in [1.54, 1.807) is 0 Å². The first-order valence-electron chi connectivity index (χ1n) is 6.32. The number of hydrogen-bond acceptors (Lipinski definition) is 4. The summed E-state index contributed by atoms with van der Waals surface area (Å²) in [5, 5.41) is 12.2. The van der Waals surface area contributed by atoms with Crippen LogP contribution in [-0.2, 0) is 11.2 Å². The Balaban J connectivity index is 2.85. The molecule has 5 nitrogen and oxygen atoms in total. The molecular formula is C13H20N2O3S. The van der Waals surface area contributed by atoms with Gasteiger partial charge in [-0.1, -0.05) is 39.0 Å². The van der Waals surface area contributed by atoms with Gasteiger partial charge < -0.3 is 10.4 Å². The average Bonchev–Trinajstić information content (AvgIpc) is 2.58. The van der Waals surface area contributed by atoms with Gasteiger partial charge in [-0.25, -0.2) is 9.78 Å². The van der Waals surface area contributed by atoms with Gasteiger partial charge >= 0.3 is 5.97 Å². The van der Waals surface area contributed by atoms with Crippen LogP contribution in [0.1, 0.15) is 49.5 Å². The maximum Gasteiger partial charge on any atom is 0.347 e. The molecule has 0 spiro atoms. The van der Waals surface area contributed by atoms with Crippen LogP contribution in [0.3, 0.4) is 0 Å². The molecule has 0 atom stereocenters. The van der Waals surface area contributed by atoms with Crippen LogP contribution in [-0.4, -0.2) is 22.0 Å². The number of thiazole rings is 1. The smallest absolute Gasteiger partial charge is 0.347 e. The number of rotatable bonds is 6. The molecule has 0 aliphatic carbocycles. The molecule has 0 radical (unpaired) electrons. The summed E-state index contributed by atoms with van der Waals surface area (Å²) in [5.74, 6) is -0.539. The van der Waals surface area contributed by atoms with Gasteiger partial charge in [-0.05, 0) is 18.3 Å². The summed E-state index contributed by atoms with van der Waals surface area (Å²) >= 11 is 1.02. The molecule has 1 amide bonds. The molecule has 0 aliphatic heterocycles. The second-order valence-electron chi connectivity index (χ2n) is 5.34. The van der Waals surface area contributed by atoms with E-state index in [0.717, 1.165) is 11.3 Å². The second kappa shape index (κ2) is 6.65. The summed E-state index contributed by atoms with van der Waals surface area (Å²) in [6.45, 7) is 7.91. The highest BCUT2D eigenvalue weighted by atomic mass is 32.1. The molecule has 0 saturated carbocycles. The first-order chi connectivity index (χ1) is 8.79. The number of carbonyl (C=O) groups excluding carboxylic acids is 1. The van der Waals surface area contributed by atoms with Crippen LogP contribution in [0.15, 0.2) is 0 Å². The fraction of sp³-hybridized carbons (Fsp3) is 0.615. The summed E-state index contributed by atoms with van der Waals surface area (Å²) in [6, 6.07) is 0. The van der Waals surface area contributed by atoms with Gasteiger partial charge in [0.05, 0.1) is 5.69 Å². The minimum atomic E-state index is -0.988. The van der Waals surface area contributed by atoms with Crippen LogP contribution in [0.25, 0.3) is 0 Å². The molecule has 2 N–H and O–H groups in total. The molecule has 0 bridgehead atoms. The monoisotopic (exact) mass is 284 g/mol. The number of carbonyl (C=O) groups is 2. The van der Waals surface area contributed by atoms with Crippen molar-refractivity contribution in [1.29, 1.82) is 0 Å². The summed E-state index contributed by atoms with van der Waals surface area (Å²) in [5.41, 5.74) is 0.548. The van der Waals surface area contributed by atoms with Crippen molar-refractivity contribution in [2.45, 2.75) is 40.5 Å². The topological polar surface area (TPSA) is 79.3 Å². The minimum Gasteiger partial charge on any atom is -0.477 e. The molecule has 0 aliphatic rings. The zero-order valence-corrected chi connectivity index (χ0v) is 12.5. The number of hydrogen-bond donors (Lipinski definition) is 2. The zero-order chi connectivity index (χ0) is 14.6. The Morgan fingerprint density at radius 2 is 1.89 bits per heavy atom. The Hall–Kier alpha value is -1.43. The standard InChI is InChI=1S/C13H20N2O3S/c1-7(2)5-9-11(12(17)18)19-13(14-9)15-10(16)6-8(3)4/h7-8H,5-6H2,1-4H3,(H,17,18)(H,14,15,16). The molecule has 0 unspecified atom stereocenters. The number of carboxylic acids is 1. The lowest BCUT2D eigenvalue weighted by atomic mass is 10.1. The summed E-state index contributed by atoms with van der Waals surface area (Å²) in [6.07, 6.45) is 1.000. The van der Waals surface area contributed by atoms with E-state index in [4.69, 9.17) is 5.11 Å².